The molecule has 0 saturated carbocycles. The number of aromatic nitrogens is 2. The van der Waals surface area contributed by atoms with E-state index in [2.05, 4.69) is 14.9 Å². The van der Waals surface area contributed by atoms with Crippen LogP contribution in [0.2, 0.25) is 0 Å². The summed E-state index contributed by atoms with van der Waals surface area (Å²) in [4.78, 5) is 27.9. The minimum atomic E-state index is -1.11. The Morgan fingerprint density at radius 1 is 1.27 bits per heavy atom. The molecule has 0 spiro atoms. The summed E-state index contributed by atoms with van der Waals surface area (Å²) >= 11 is 1.02. The zero-order valence-corrected chi connectivity index (χ0v) is 17.8. The number of nitrogens with zero attached hydrogens (tertiary/aromatic N) is 3. The molecule has 30 heavy (non-hydrogen) atoms. The standard InChI is InChI=1S/C21H23FN4O3S/c1-4-21(2,3)23-19(27)18(17-10-7-11-29-17)26(20(28)16-13-30-25-24-16)12-14-8-5-6-9-15(14)22/h5-11,13,18H,4,12H2,1-3H3,(H,23,27). The maximum atomic E-state index is 14.4. The van der Waals surface area contributed by atoms with Crippen molar-refractivity contribution in [3.8, 4) is 0 Å². The lowest BCUT2D eigenvalue weighted by atomic mass is 10.0. The number of furan rings is 1. The van der Waals surface area contributed by atoms with Crippen LogP contribution in [0, 0.1) is 5.82 Å². The topological polar surface area (TPSA) is 88.3 Å². The molecule has 3 aromatic rings. The van der Waals surface area contributed by atoms with E-state index in [1.54, 1.807) is 30.3 Å². The van der Waals surface area contributed by atoms with Crippen LogP contribution in [-0.2, 0) is 11.3 Å². The summed E-state index contributed by atoms with van der Waals surface area (Å²) in [5.41, 5.74) is -0.153. The second-order valence-corrected chi connectivity index (χ2v) is 8.07. The number of carbonyl (C=O) groups excluding carboxylic acids is 2. The third-order valence-electron chi connectivity index (χ3n) is 4.86. The second-order valence-electron chi connectivity index (χ2n) is 7.46. The summed E-state index contributed by atoms with van der Waals surface area (Å²) in [7, 11) is 0. The van der Waals surface area contributed by atoms with Crippen molar-refractivity contribution in [2.24, 2.45) is 0 Å². The number of hydrogen-bond acceptors (Lipinski definition) is 6. The molecule has 2 heterocycles. The van der Waals surface area contributed by atoms with Gasteiger partial charge in [0, 0.05) is 16.5 Å². The van der Waals surface area contributed by atoms with E-state index in [0.717, 1.165) is 11.5 Å². The number of amides is 2. The highest BCUT2D eigenvalue weighted by molar-refractivity contribution is 7.03. The van der Waals surface area contributed by atoms with Crippen LogP contribution < -0.4 is 5.32 Å². The van der Waals surface area contributed by atoms with Crippen molar-refractivity contribution in [1.29, 1.82) is 0 Å². The first-order valence-electron chi connectivity index (χ1n) is 9.49. The molecule has 158 valence electrons. The molecular weight excluding hydrogens is 407 g/mol. The number of benzene rings is 1. The van der Waals surface area contributed by atoms with Gasteiger partial charge in [0.25, 0.3) is 11.8 Å². The van der Waals surface area contributed by atoms with Gasteiger partial charge in [0.2, 0.25) is 0 Å². The second kappa shape index (κ2) is 9.17. The first-order chi connectivity index (χ1) is 14.3. The van der Waals surface area contributed by atoms with Gasteiger partial charge in [0.05, 0.1) is 12.8 Å². The van der Waals surface area contributed by atoms with E-state index in [1.807, 2.05) is 20.8 Å². The van der Waals surface area contributed by atoms with E-state index >= 15 is 0 Å². The number of rotatable bonds is 8. The molecule has 0 aliphatic heterocycles. The first kappa shape index (κ1) is 21.6. The van der Waals surface area contributed by atoms with Crippen molar-refractivity contribution >= 4 is 23.3 Å². The van der Waals surface area contributed by atoms with Crippen molar-refractivity contribution in [3.63, 3.8) is 0 Å². The zero-order chi connectivity index (χ0) is 21.7. The Hall–Kier alpha value is -3.07. The summed E-state index contributed by atoms with van der Waals surface area (Å²) in [5.74, 6) is -1.17. The molecule has 0 bridgehead atoms. The molecule has 0 fully saturated rings. The molecule has 0 aliphatic carbocycles. The molecule has 1 unspecified atom stereocenters. The molecule has 1 atom stereocenters. The van der Waals surface area contributed by atoms with E-state index in [4.69, 9.17) is 4.42 Å². The summed E-state index contributed by atoms with van der Waals surface area (Å²) in [6, 6.07) is 8.26. The maximum Gasteiger partial charge on any atom is 0.276 e. The Bertz CT molecular complexity index is 990. The van der Waals surface area contributed by atoms with Gasteiger partial charge in [-0.05, 0) is 50.0 Å². The first-order valence-corrected chi connectivity index (χ1v) is 10.3. The van der Waals surface area contributed by atoms with Crippen molar-refractivity contribution < 1.29 is 18.4 Å². The smallest absolute Gasteiger partial charge is 0.276 e. The van der Waals surface area contributed by atoms with E-state index < -0.39 is 29.2 Å². The fraction of sp³-hybridized carbons (Fsp3) is 0.333. The van der Waals surface area contributed by atoms with Crippen molar-refractivity contribution in [1.82, 2.24) is 19.8 Å². The molecule has 1 N–H and O–H groups in total. The van der Waals surface area contributed by atoms with Crippen LogP contribution in [0.1, 0.15) is 55.0 Å². The molecular formula is C21H23FN4O3S. The number of carbonyl (C=O) groups is 2. The summed E-state index contributed by atoms with van der Waals surface area (Å²) in [6.07, 6.45) is 2.11. The fourth-order valence-corrected chi connectivity index (χ4v) is 3.29. The Kier molecular flexibility index (Phi) is 6.61. The van der Waals surface area contributed by atoms with Crippen LogP contribution in [0.3, 0.4) is 0 Å². The fourth-order valence-electron chi connectivity index (χ4n) is 2.86. The quantitative estimate of drug-likeness (QED) is 0.584. The summed E-state index contributed by atoms with van der Waals surface area (Å²) in [5, 5.41) is 8.28. The molecule has 7 nitrogen and oxygen atoms in total. The van der Waals surface area contributed by atoms with E-state index in [9.17, 15) is 14.0 Å². The molecule has 0 saturated heterocycles. The lowest BCUT2D eigenvalue weighted by Gasteiger charge is -2.33. The number of hydrogen-bond donors (Lipinski definition) is 1. The predicted molar refractivity (Wildman–Crippen MR) is 110 cm³/mol. The molecule has 2 aromatic heterocycles. The molecule has 2 amide bonds. The summed E-state index contributed by atoms with van der Waals surface area (Å²) in [6.45, 7) is 5.58. The minimum absolute atomic E-state index is 0.0791. The SMILES string of the molecule is CCC(C)(C)NC(=O)C(c1ccco1)N(Cc1ccccc1F)C(=O)c1csnn1. The highest BCUT2D eigenvalue weighted by Gasteiger charge is 2.37. The monoisotopic (exact) mass is 430 g/mol. The third-order valence-corrected chi connectivity index (χ3v) is 5.36. The van der Waals surface area contributed by atoms with Crippen molar-refractivity contribution in [3.05, 3.63) is 70.9 Å². The van der Waals surface area contributed by atoms with Gasteiger partial charge in [0.1, 0.15) is 11.6 Å². The molecule has 0 aliphatic rings. The van der Waals surface area contributed by atoms with Crippen LogP contribution in [0.25, 0.3) is 0 Å². The maximum absolute atomic E-state index is 14.4. The van der Waals surface area contributed by atoms with Gasteiger partial charge in [-0.2, -0.15) is 0 Å². The average Bonchev–Trinajstić information content (AvgIpc) is 3.42. The molecule has 0 radical (unpaired) electrons. The molecule has 3 rings (SSSR count). The summed E-state index contributed by atoms with van der Waals surface area (Å²) < 4.78 is 23.6. The normalized spacial score (nSPS) is 12.4. The van der Waals surface area contributed by atoms with Crippen molar-refractivity contribution in [2.75, 3.05) is 0 Å². The zero-order valence-electron chi connectivity index (χ0n) is 17.0. The number of halogens is 1. The van der Waals surface area contributed by atoms with E-state index in [1.165, 1.54) is 22.6 Å². The average molecular weight is 431 g/mol. The Morgan fingerprint density at radius 3 is 2.63 bits per heavy atom. The van der Waals surface area contributed by atoms with Crippen molar-refractivity contribution in [2.45, 2.75) is 45.3 Å². The third kappa shape index (κ3) is 4.91. The Balaban J connectivity index is 2.05. The Morgan fingerprint density at radius 2 is 2.03 bits per heavy atom. The largest absolute Gasteiger partial charge is 0.467 e. The molecule has 9 heteroatoms. The van der Waals surface area contributed by atoms with Crippen LogP contribution in [0.4, 0.5) is 4.39 Å². The lowest BCUT2D eigenvalue weighted by Crippen LogP contribution is -2.50. The minimum Gasteiger partial charge on any atom is -0.467 e. The van der Waals surface area contributed by atoms with E-state index in [0.29, 0.717) is 6.42 Å². The van der Waals surface area contributed by atoms with Gasteiger partial charge in [0.15, 0.2) is 11.7 Å². The van der Waals surface area contributed by atoms with Gasteiger partial charge in [-0.15, -0.1) is 5.10 Å². The number of nitrogens with one attached hydrogen (secondary N) is 1. The van der Waals surface area contributed by atoms with Gasteiger partial charge in [-0.3, -0.25) is 9.59 Å². The predicted octanol–water partition coefficient (Wildman–Crippen LogP) is 3.96. The highest BCUT2D eigenvalue weighted by atomic mass is 32.1. The van der Waals surface area contributed by atoms with Gasteiger partial charge in [-0.25, -0.2) is 4.39 Å². The van der Waals surface area contributed by atoms with Gasteiger partial charge in [-0.1, -0.05) is 29.6 Å². The van der Waals surface area contributed by atoms with Crippen LogP contribution in [0.5, 0.6) is 0 Å². The van der Waals surface area contributed by atoms with Crippen LogP contribution >= 0.6 is 11.5 Å². The Labute approximate surface area is 178 Å². The van der Waals surface area contributed by atoms with Gasteiger partial charge >= 0.3 is 0 Å². The van der Waals surface area contributed by atoms with Crippen LogP contribution in [-0.4, -0.2) is 31.8 Å². The van der Waals surface area contributed by atoms with Gasteiger partial charge < -0.3 is 14.6 Å². The molecule has 1 aromatic carbocycles. The lowest BCUT2D eigenvalue weighted by molar-refractivity contribution is -0.128. The van der Waals surface area contributed by atoms with E-state index in [-0.39, 0.29) is 23.6 Å². The van der Waals surface area contributed by atoms with Crippen LogP contribution in [0.15, 0.2) is 52.5 Å². The highest BCUT2D eigenvalue weighted by Crippen LogP contribution is 2.27.